The molecule has 0 N–H and O–H groups in total. The van der Waals surface area contributed by atoms with Crippen LogP contribution >= 0.6 is 15.9 Å². The highest BCUT2D eigenvalue weighted by Crippen LogP contribution is 2.12. The van der Waals surface area contributed by atoms with Gasteiger partial charge in [-0.25, -0.2) is 9.97 Å². The number of halogens is 1. The lowest BCUT2D eigenvalue weighted by Crippen LogP contribution is -2.18. The van der Waals surface area contributed by atoms with Crippen molar-refractivity contribution in [1.82, 2.24) is 19.1 Å². The Morgan fingerprint density at radius 3 is 2.85 bits per heavy atom. The maximum Gasteiger partial charge on any atom is 0.279 e. The van der Waals surface area contributed by atoms with E-state index in [1.807, 2.05) is 0 Å². The Morgan fingerprint density at radius 2 is 2.15 bits per heavy atom. The van der Waals surface area contributed by atoms with Gasteiger partial charge in [0, 0.05) is 14.1 Å². The van der Waals surface area contributed by atoms with E-state index in [1.54, 1.807) is 18.7 Å². The molecule has 68 valence electrons. The average molecular weight is 243 g/mol. The minimum absolute atomic E-state index is 0.0919. The van der Waals surface area contributed by atoms with Gasteiger partial charge in [0.2, 0.25) is 0 Å². The first kappa shape index (κ1) is 8.43. The fraction of sp³-hybridized carbons (Fsp3) is 0.286. The van der Waals surface area contributed by atoms with Crippen molar-refractivity contribution in [3.63, 3.8) is 0 Å². The molecule has 0 radical (unpaired) electrons. The van der Waals surface area contributed by atoms with E-state index in [1.165, 1.54) is 10.9 Å². The second-order valence-electron chi connectivity index (χ2n) is 2.77. The molecule has 2 aromatic rings. The first-order valence-electron chi connectivity index (χ1n) is 3.65. The molecule has 0 bridgehead atoms. The van der Waals surface area contributed by atoms with Gasteiger partial charge in [0.25, 0.3) is 5.56 Å². The first-order valence-corrected chi connectivity index (χ1v) is 4.44. The third-order valence-corrected chi connectivity index (χ3v) is 2.61. The van der Waals surface area contributed by atoms with E-state index in [2.05, 4.69) is 25.9 Å². The van der Waals surface area contributed by atoms with Crippen LogP contribution in [0.4, 0.5) is 0 Å². The van der Waals surface area contributed by atoms with E-state index in [0.717, 1.165) is 0 Å². The summed E-state index contributed by atoms with van der Waals surface area (Å²) in [6.07, 6.45) is 1.46. The Morgan fingerprint density at radius 1 is 1.46 bits per heavy atom. The molecule has 0 aliphatic rings. The molecule has 0 aliphatic heterocycles. The molecular formula is C7H7BrN4O. The number of aryl methyl sites for hydroxylation is 2. The van der Waals surface area contributed by atoms with E-state index in [0.29, 0.717) is 15.9 Å². The van der Waals surface area contributed by atoms with Crippen LogP contribution in [0.25, 0.3) is 11.2 Å². The molecule has 0 saturated heterocycles. The summed E-state index contributed by atoms with van der Waals surface area (Å²) in [5.41, 5.74) is 0.889. The quantitative estimate of drug-likeness (QED) is 0.630. The van der Waals surface area contributed by atoms with Gasteiger partial charge in [-0.15, -0.1) is 0 Å². The van der Waals surface area contributed by atoms with Crippen LogP contribution in [0.5, 0.6) is 0 Å². The highest BCUT2D eigenvalue weighted by atomic mass is 79.9. The molecule has 6 heteroatoms. The topological polar surface area (TPSA) is 52.7 Å². The van der Waals surface area contributed by atoms with E-state index < -0.39 is 0 Å². The smallest absolute Gasteiger partial charge is 0.279 e. The van der Waals surface area contributed by atoms with Crippen LogP contribution in [-0.2, 0) is 14.1 Å². The van der Waals surface area contributed by atoms with Gasteiger partial charge in [0.15, 0.2) is 15.9 Å². The Bertz CT molecular complexity index is 527. The SMILES string of the molecule is Cn1cnc2nc(Br)n(C)c2c1=O. The van der Waals surface area contributed by atoms with Crippen molar-refractivity contribution in [2.45, 2.75) is 0 Å². The second-order valence-corrected chi connectivity index (χ2v) is 3.48. The summed E-state index contributed by atoms with van der Waals surface area (Å²) in [4.78, 5) is 19.7. The molecule has 5 nitrogen and oxygen atoms in total. The maximum atomic E-state index is 11.6. The number of rotatable bonds is 0. The molecule has 0 spiro atoms. The summed E-state index contributed by atoms with van der Waals surface area (Å²) in [6.45, 7) is 0. The normalized spacial score (nSPS) is 11.0. The van der Waals surface area contributed by atoms with Gasteiger partial charge in [0.1, 0.15) is 0 Å². The zero-order chi connectivity index (χ0) is 9.59. The lowest BCUT2D eigenvalue weighted by molar-refractivity contribution is 0.824. The standard InChI is InChI=1S/C7H7BrN4O/c1-11-3-9-5-4(6(11)13)12(2)7(8)10-5/h3H,1-2H3. The molecule has 2 aromatic heterocycles. The third-order valence-electron chi connectivity index (χ3n) is 1.90. The van der Waals surface area contributed by atoms with Gasteiger partial charge in [-0.05, 0) is 15.9 Å². The largest absolute Gasteiger partial charge is 0.316 e. The van der Waals surface area contributed by atoms with Gasteiger partial charge >= 0.3 is 0 Å². The van der Waals surface area contributed by atoms with Crippen molar-refractivity contribution in [3.8, 4) is 0 Å². The van der Waals surface area contributed by atoms with Crippen LogP contribution in [0.2, 0.25) is 0 Å². The maximum absolute atomic E-state index is 11.6. The predicted molar refractivity (Wildman–Crippen MR) is 51.5 cm³/mol. The highest BCUT2D eigenvalue weighted by Gasteiger charge is 2.10. The Kier molecular flexibility index (Phi) is 1.73. The van der Waals surface area contributed by atoms with Crippen molar-refractivity contribution < 1.29 is 0 Å². The van der Waals surface area contributed by atoms with Gasteiger partial charge in [-0.2, -0.15) is 0 Å². The molecule has 0 saturated carbocycles. The summed E-state index contributed by atoms with van der Waals surface area (Å²) in [6, 6.07) is 0. The van der Waals surface area contributed by atoms with Crippen molar-refractivity contribution in [3.05, 3.63) is 21.4 Å². The van der Waals surface area contributed by atoms with Gasteiger partial charge in [0.05, 0.1) is 6.33 Å². The summed E-state index contributed by atoms with van der Waals surface area (Å²) in [5, 5.41) is 0. The second kappa shape index (κ2) is 2.66. The van der Waals surface area contributed by atoms with Gasteiger partial charge in [-0.1, -0.05) is 0 Å². The molecule has 0 unspecified atom stereocenters. The van der Waals surface area contributed by atoms with Crippen molar-refractivity contribution >= 4 is 27.1 Å². The van der Waals surface area contributed by atoms with Gasteiger partial charge < -0.3 is 9.13 Å². The van der Waals surface area contributed by atoms with Crippen molar-refractivity contribution in [2.24, 2.45) is 14.1 Å². The van der Waals surface area contributed by atoms with Crippen LogP contribution < -0.4 is 5.56 Å². The Labute approximate surface area is 82.2 Å². The van der Waals surface area contributed by atoms with Crippen LogP contribution in [0.15, 0.2) is 15.9 Å². The third kappa shape index (κ3) is 1.09. The fourth-order valence-corrected chi connectivity index (χ4v) is 1.49. The molecule has 0 amide bonds. The monoisotopic (exact) mass is 242 g/mol. The number of hydrogen-bond donors (Lipinski definition) is 0. The fourth-order valence-electron chi connectivity index (χ4n) is 1.15. The molecule has 2 rings (SSSR count). The van der Waals surface area contributed by atoms with Gasteiger partial charge in [-0.3, -0.25) is 4.79 Å². The van der Waals surface area contributed by atoms with E-state index in [9.17, 15) is 4.79 Å². The van der Waals surface area contributed by atoms with Crippen LogP contribution in [0.3, 0.4) is 0 Å². The molecule has 0 fully saturated rings. The first-order chi connectivity index (χ1) is 6.11. The number of hydrogen-bond acceptors (Lipinski definition) is 3. The lowest BCUT2D eigenvalue weighted by Gasteiger charge is -1.96. The summed E-state index contributed by atoms with van der Waals surface area (Å²) < 4.78 is 3.71. The molecule has 2 heterocycles. The molecule has 13 heavy (non-hydrogen) atoms. The number of nitrogens with zero attached hydrogens (tertiary/aromatic N) is 4. The van der Waals surface area contributed by atoms with E-state index in [-0.39, 0.29) is 5.56 Å². The summed E-state index contributed by atoms with van der Waals surface area (Å²) in [7, 11) is 3.43. The van der Waals surface area contributed by atoms with Crippen LogP contribution in [0, 0.1) is 0 Å². The lowest BCUT2D eigenvalue weighted by atomic mass is 10.5. The molecule has 0 atom stereocenters. The number of imidazole rings is 1. The minimum atomic E-state index is -0.0919. The predicted octanol–water partition coefficient (Wildman–Crippen LogP) is 0.429. The molecule has 0 aromatic carbocycles. The summed E-state index contributed by atoms with van der Waals surface area (Å²) in [5.74, 6) is 0. The molecular weight excluding hydrogens is 236 g/mol. The van der Waals surface area contributed by atoms with Crippen molar-refractivity contribution in [2.75, 3.05) is 0 Å². The minimum Gasteiger partial charge on any atom is -0.316 e. The van der Waals surface area contributed by atoms with Crippen molar-refractivity contribution in [1.29, 1.82) is 0 Å². The van der Waals surface area contributed by atoms with Crippen LogP contribution in [-0.4, -0.2) is 19.1 Å². The summed E-state index contributed by atoms with van der Waals surface area (Å²) >= 11 is 3.23. The number of fused-ring (bicyclic) bond motifs is 1. The number of aromatic nitrogens is 4. The van der Waals surface area contributed by atoms with E-state index >= 15 is 0 Å². The van der Waals surface area contributed by atoms with E-state index in [4.69, 9.17) is 0 Å². The highest BCUT2D eigenvalue weighted by molar-refractivity contribution is 9.10. The Balaban J connectivity index is 3.06. The zero-order valence-corrected chi connectivity index (χ0v) is 8.74. The average Bonchev–Trinajstić information content (AvgIpc) is 2.37. The molecule has 0 aliphatic carbocycles. The zero-order valence-electron chi connectivity index (χ0n) is 7.15. The Hall–Kier alpha value is -1.17. The van der Waals surface area contributed by atoms with Crippen LogP contribution in [0.1, 0.15) is 0 Å².